The topological polar surface area (TPSA) is 46.2 Å². The molecule has 1 amide bonds. The van der Waals surface area contributed by atoms with Crippen LogP contribution in [-0.4, -0.2) is 11.7 Å². The lowest BCUT2D eigenvalue weighted by atomic mass is 9.88. The molecule has 0 saturated heterocycles. The number of benzene rings is 2. The van der Waals surface area contributed by atoms with Gasteiger partial charge in [0.2, 0.25) is 5.91 Å². The second-order valence-corrected chi connectivity index (χ2v) is 9.33. The van der Waals surface area contributed by atoms with E-state index in [0.717, 1.165) is 30.5 Å². The Morgan fingerprint density at radius 2 is 1.61 bits per heavy atom. The maximum Gasteiger partial charge on any atom is 0.221 e. The molecular formula is C30H43NO2. The minimum atomic E-state index is -0.0645. The van der Waals surface area contributed by atoms with E-state index in [1.54, 1.807) is 0 Å². The number of aryl methyl sites for hydroxylation is 1. The van der Waals surface area contributed by atoms with E-state index < -0.39 is 0 Å². The molecule has 0 spiro atoms. The second kappa shape index (κ2) is 13.3. The fourth-order valence-electron chi connectivity index (χ4n) is 4.50. The lowest BCUT2D eigenvalue weighted by Gasteiger charge is -2.17. The summed E-state index contributed by atoms with van der Waals surface area (Å²) in [5, 5.41) is 2.89. The number of hydrogen-bond donors (Lipinski definition) is 1. The Morgan fingerprint density at radius 1 is 0.909 bits per heavy atom. The van der Waals surface area contributed by atoms with Crippen LogP contribution in [0.2, 0.25) is 0 Å². The maximum atomic E-state index is 12.2. The summed E-state index contributed by atoms with van der Waals surface area (Å²) in [6, 6.07) is 10.3. The van der Waals surface area contributed by atoms with Gasteiger partial charge in [0.15, 0.2) is 5.78 Å². The van der Waals surface area contributed by atoms with Gasteiger partial charge in [0, 0.05) is 24.6 Å². The Morgan fingerprint density at radius 3 is 2.18 bits per heavy atom. The van der Waals surface area contributed by atoms with Crippen molar-refractivity contribution < 1.29 is 9.59 Å². The molecule has 2 aromatic carbocycles. The fourth-order valence-corrected chi connectivity index (χ4v) is 4.50. The molecule has 33 heavy (non-hydrogen) atoms. The molecule has 0 fully saturated rings. The van der Waals surface area contributed by atoms with Gasteiger partial charge in [0.25, 0.3) is 0 Å². The van der Waals surface area contributed by atoms with E-state index in [1.165, 1.54) is 66.8 Å². The zero-order valence-corrected chi connectivity index (χ0v) is 21.6. The number of Topliss-reactive ketones (excluding diaryl/α,β-unsaturated/α-hetero) is 1. The highest BCUT2D eigenvalue weighted by Crippen LogP contribution is 2.43. The minimum Gasteiger partial charge on any atom is -0.326 e. The number of carbonyl (C=O) groups is 2. The molecule has 4 rings (SSSR count). The summed E-state index contributed by atoms with van der Waals surface area (Å²) >= 11 is 0. The van der Waals surface area contributed by atoms with Crippen LogP contribution in [0.5, 0.6) is 0 Å². The maximum absolute atomic E-state index is 12.2. The molecule has 0 radical (unpaired) electrons. The largest absolute Gasteiger partial charge is 0.326 e. The molecule has 1 atom stereocenters. The molecule has 2 aliphatic rings. The van der Waals surface area contributed by atoms with E-state index in [0.29, 0.717) is 12.3 Å². The van der Waals surface area contributed by atoms with Gasteiger partial charge in [0.1, 0.15) is 0 Å². The van der Waals surface area contributed by atoms with Gasteiger partial charge in [-0.1, -0.05) is 84.9 Å². The first-order valence-electron chi connectivity index (χ1n) is 13.0. The highest BCUT2D eigenvalue weighted by Gasteiger charge is 2.28. The number of fused-ring (bicyclic) bond motifs is 5. The standard InChI is InChI=1S/C21H21NO2.C5H12.C4H10/c1-12-3-4-14-5-7-17-18(9-10-20(17)24)21(14)19-11-15(22-13(2)23)6-8-16(12)19;1-3-5-4-2;1-3-4-2/h5-8,11-12H,3-4,9-10H2,1-2H3,(H,22,23);3-5H2,1-2H3;3-4H2,1-2H3. The SMILES string of the molecule is CC(=O)Nc1ccc2c(c1)-c1c(ccc3c1CCC3=O)CCC2C.CCCC.CCCCC. The number of unbranched alkanes of at least 4 members (excludes halogenated alkanes) is 3. The average molecular weight is 450 g/mol. The predicted molar refractivity (Wildman–Crippen MR) is 141 cm³/mol. The Bertz CT molecular complexity index is 941. The molecule has 2 aromatic rings. The van der Waals surface area contributed by atoms with Crippen molar-refractivity contribution in [3.05, 3.63) is 52.6 Å². The third-order valence-electron chi connectivity index (χ3n) is 6.53. The third-order valence-corrected chi connectivity index (χ3v) is 6.53. The van der Waals surface area contributed by atoms with E-state index in [4.69, 9.17) is 0 Å². The molecule has 3 nitrogen and oxygen atoms in total. The van der Waals surface area contributed by atoms with Crippen molar-refractivity contribution in [1.82, 2.24) is 0 Å². The molecule has 1 N–H and O–H groups in total. The van der Waals surface area contributed by atoms with Crippen molar-refractivity contribution in [3.8, 4) is 11.1 Å². The van der Waals surface area contributed by atoms with Crippen LogP contribution in [0.25, 0.3) is 11.1 Å². The smallest absolute Gasteiger partial charge is 0.221 e. The van der Waals surface area contributed by atoms with Crippen molar-refractivity contribution in [2.75, 3.05) is 5.32 Å². The zero-order valence-electron chi connectivity index (χ0n) is 21.6. The zero-order chi connectivity index (χ0) is 24.4. The number of hydrogen-bond acceptors (Lipinski definition) is 2. The number of anilines is 1. The van der Waals surface area contributed by atoms with Gasteiger partial charge in [-0.15, -0.1) is 0 Å². The van der Waals surface area contributed by atoms with Gasteiger partial charge in [-0.3, -0.25) is 9.59 Å². The van der Waals surface area contributed by atoms with Crippen LogP contribution in [0, 0.1) is 0 Å². The Labute approximate surface area is 201 Å². The van der Waals surface area contributed by atoms with Crippen LogP contribution in [0.3, 0.4) is 0 Å². The highest BCUT2D eigenvalue weighted by molar-refractivity contribution is 6.03. The molecule has 180 valence electrons. The van der Waals surface area contributed by atoms with Crippen molar-refractivity contribution >= 4 is 17.4 Å². The molecule has 3 heteroatoms. The number of nitrogens with one attached hydrogen (secondary N) is 1. The first-order valence-corrected chi connectivity index (χ1v) is 13.0. The predicted octanol–water partition coefficient (Wildman–Crippen LogP) is 8.49. The van der Waals surface area contributed by atoms with Crippen LogP contribution in [0.1, 0.15) is 119 Å². The van der Waals surface area contributed by atoms with Gasteiger partial charge < -0.3 is 5.32 Å². The van der Waals surface area contributed by atoms with Crippen LogP contribution >= 0.6 is 0 Å². The van der Waals surface area contributed by atoms with E-state index in [2.05, 4.69) is 58.1 Å². The molecule has 0 saturated carbocycles. The van der Waals surface area contributed by atoms with Crippen LogP contribution in [0.4, 0.5) is 5.69 Å². The first-order chi connectivity index (χ1) is 15.9. The lowest BCUT2D eigenvalue weighted by molar-refractivity contribution is -0.114. The molecule has 0 bridgehead atoms. The molecule has 0 heterocycles. The van der Waals surface area contributed by atoms with Crippen LogP contribution in [0.15, 0.2) is 30.3 Å². The number of carbonyl (C=O) groups excluding carboxylic acids is 2. The minimum absolute atomic E-state index is 0.0645. The van der Waals surface area contributed by atoms with E-state index in [-0.39, 0.29) is 11.7 Å². The summed E-state index contributed by atoms with van der Waals surface area (Å²) in [5.74, 6) is 0.654. The van der Waals surface area contributed by atoms with Crippen LogP contribution in [-0.2, 0) is 17.6 Å². The number of ketones is 1. The lowest BCUT2D eigenvalue weighted by Crippen LogP contribution is -2.06. The van der Waals surface area contributed by atoms with Gasteiger partial charge in [-0.05, 0) is 65.1 Å². The molecular weight excluding hydrogens is 406 g/mol. The highest BCUT2D eigenvalue weighted by atomic mass is 16.1. The van der Waals surface area contributed by atoms with Crippen LogP contribution < -0.4 is 5.32 Å². The summed E-state index contributed by atoms with van der Waals surface area (Å²) in [4.78, 5) is 23.6. The van der Waals surface area contributed by atoms with Gasteiger partial charge in [-0.25, -0.2) is 0 Å². The second-order valence-electron chi connectivity index (χ2n) is 9.33. The molecule has 2 aliphatic carbocycles. The van der Waals surface area contributed by atoms with Gasteiger partial charge in [-0.2, -0.15) is 0 Å². The van der Waals surface area contributed by atoms with E-state index in [1.807, 2.05) is 12.1 Å². The van der Waals surface area contributed by atoms with E-state index >= 15 is 0 Å². The van der Waals surface area contributed by atoms with Crippen molar-refractivity contribution in [1.29, 1.82) is 0 Å². The van der Waals surface area contributed by atoms with Crippen molar-refractivity contribution in [3.63, 3.8) is 0 Å². The van der Waals surface area contributed by atoms with E-state index in [9.17, 15) is 9.59 Å². The number of amides is 1. The Kier molecular flexibility index (Phi) is 10.8. The molecule has 0 aromatic heterocycles. The summed E-state index contributed by atoms with van der Waals surface area (Å²) in [6.45, 7) is 12.6. The van der Waals surface area contributed by atoms with Crippen molar-refractivity contribution in [2.45, 2.75) is 105 Å². The van der Waals surface area contributed by atoms with Gasteiger partial charge >= 0.3 is 0 Å². The summed E-state index contributed by atoms with van der Waals surface area (Å²) in [7, 11) is 0. The van der Waals surface area contributed by atoms with Gasteiger partial charge in [0.05, 0.1) is 0 Å². The quantitative estimate of drug-likeness (QED) is 0.508. The fraction of sp³-hybridized carbons (Fsp3) is 0.533. The normalized spacial score (nSPS) is 15.6. The number of rotatable bonds is 4. The summed E-state index contributed by atoms with van der Waals surface area (Å²) in [6.07, 6.45) is 10.3. The third kappa shape index (κ3) is 7.03. The summed E-state index contributed by atoms with van der Waals surface area (Å²) in [5.41, 5.74) is 7.98. The monoisotopic (exact) mass is 449 g/mol. The first kappa shape index (κ1) is 26.8. The molecule has 0 aliphatic heterocycles. The average Bonchev–Trinajstić information content (AvgIpc) is 3.11. The molecule has 1 unspecified atom stereocenters. The Hall–Kier alpha value is -2.42. The van der Waals surface area contributed by atoms with Crippen molar-refractivity contribution in [2.24, 2.45) is 0 Å². The summed E-state index contributed by atoms with van der Waals surface area (Å²) < 4.78 is 0. The Balaban J connectivity index is 0.000000368.